The maximum absolute atomic E-state index is 13.7. The number of ether oxygens (including phenoxy) is 1. The number of aromatic nitrogens is 1. The Morgan fingerprint density at radius 2 is 1.71 bits per heavy atom. The van der Waals surface area contributed by atoms with E-state index in [1.165, 1.54) is 5.56 Å². The molecule has 1 unspecified atom stereocenters. The number of hydrogen-bond acceptors (Lipinski definition) is 3. The number of benzene rings is 3. The third-order valence-electron chi connectivity index (χ3n) is 7.16. The molecule has 0 fully saturated rings. The zero-order chi connectivity index (χ0) is 26.5. The lowest BCUT2D eigenvalue weighted by Crippen LogP contribution is -2.40. The minimum Gasteiger partial charge on any atom is -0.381 e. The molecule has 1 aromatic heterocycles. The lowest BCUT2D eigenvalue weighted by atomic mass is 9.93. The van der Waals surface area contributed by atoms with Crippen LogP contribution in [0.3, 0.4) is 0 Å². The van der Waals surface area contributed by atoms with Crippen LogP contribution in [-0.4, -0.2) is 48.0 Å². The number of para-hydroxylation sites is 1. The number of aryl methyl sites for hydroxylation is 1. The zero-order valence-corrected chi connectivity index (χ0v) is 22.1. The first-order chi connectivity index (χ1) is 18.6. The van der Waals surface area contributed by atoms with Crippen molar-refractivity contribution in [2.75, 3.05) is 26.3 Å². The van der Waals surface area contributed by atoms with Gasteiger partial charge in [-0.2, -0.15) is 0 Å². The van der Waals surface area contributed by atoms with Crippen LogP contribution in [0.2, 0.25) is 0 Å². The normalized spacial score (nSPS) is 14.7. The summed E-state index contributed by atoms with van der Waals surface area (Å²) < 4.78 is 5.60. The van der Waals surface area contributed by atoms with Crippen LogP contribution in [0.5, 0.6) is 0 Å². The molecule has 0 aliphatic carbocycles. The van der Waals surface area contributed by atoms with Gasteiger partial charge < -0.3 is 19.9 Å². The zero-order valence-electron chi connectivity index (χ0n) is 22.1. The van der Waals surface area contributed by atoms with Gasteiger partial charge in [0.2, 0.25) is 5.91 Å². The van der Waals surface area contributed by atoms with E-state index in [4.69, 9.17) is 4.74 Å². The van der Waals surface area contributed by atoms with E-state index in [1.807, 2.05) is 36.4 Å². The third kappa shape index (κ3) is 5.22. The third-order valence-corrected chi connectivity index (χ3v) is 7.16. The summed E-state index contributed by atoms with van der Waals surface area (Å²) in [6, 6.07) is 23.9. The molecule has 2 heterocycles. The van der Waals surface area contributed by atoms with Gasteiger partial charge in [0, 0.05) is 41.8 Å². The molecule has 196 valence electrons. The fourth-order valence-electron chi connectivity index (χ4n) is 5.20. The summed E-state index contributed by atoms with van der Waals surface area (Å²) in [5.41, 5.74) is 6.79. The first kappa shape index (κ1) is 25.7. The van der Waals surface area contributed by atoms with Crippen molar-refractivity contribution in [1.29, 1.82) is 0 Å². The molecule has 2 N–H and O–H groups in total. The molecule has 6 nitrogen and oxygen atoms in total. The highest BCUT2D eigenvalue weighted by Gasteiger charge is 2.40. The van der Waals surface area contributed by atoms with E-state index in [0.717, 1.165) is 59.2 Å². The molecule has 0 bridgehead atoms. The number of unbranched alkanes of at least 4 members (excludes halogenated alkanes) is 1. The van der Waals surface area contributed by atoms with Gasteiger partial charge in [0.1, 0.15) is 6.54 Å². The van der Waals surface area contributed by atoms with Gasteiger partial charge in [0.25, 0.3) is 5.91 Å². The van der Waals surface area contributed by atoms with Gasteiger partial charge in [0.15, 0.2) is 0 Å². The van der Waals surface area contributed by atoms with Crippen LogP contribution in [-0.2, 0) is 9.53 Å². The molecular weight excluding hydrogens is 474 g/mol. The Hall–Kier alpha value is -3.90. The molecule has 6 heteroatoms. The lowest BCUT2D eigenvalue weighted by molar-refractivity contribution is -0.122. The smallest absolute Gasteiger partial charge is 0.255 e. The number of H-pyrrole nitrogens is 1. The van der Waals surface area contributed by atoms with Crippen LogP contribution in [0.1, 0.15) is 59.3 Å². The first-order valence-electron chi connectivity index (χ1n) is 13.5. The summed E-state index contributed by atoms with van der Waals surface area (Å²) in [5.74, 6) is -0.287. The van der Waals surface area contributed by atoms with Crippen LogP contribution < -0.4 is 5.32 Å². The highest BCUT2D eigenvalue weighted by molar-refractivity contribution is 6.03. The van der Waals surface area contributed by atoms with E-state index in [0.29, 0.717) is 18.7 Å². The molecule has 1 aliphatic rings. The molecule has 0 radical (unpaired) electrons. The van der Waals surface area contributed by atoms with Crippen LogP contribution in [0.25, 0.3) is 22.2 Å². The van der Waals surface area contributed by atoms with Gasteiger partial charge in [-0.3, -0.25) is 9.59 Å². The second-order valence-electron chi connectivity index (χ2n) is 9.92. The highest BCUT2D eigenvalue weighted by Crippen LogP contribution is 2.45. The van der Waals surface area contributed by atoms with Crippen molar-refractivity contribution in [2.45, 2.75) is 39.2 Å². The average molecular weight is 510 g/mol. The van der Waals surface area contributed by atoms with E-state index in [-0.39, 0.29) is 24.4 Å². The Balaban J connectivity index is 1.46. The van der Waals surface area contributed by atoms with Crippen molar-refractivity contribution >= 4 is 22.7 Å². The monoisotopic (exact) mass is 509 g/mol. The minimum absolute atomic E-state index is 0.0122. The lowest BCUT2D eigenvalue weighted by Gasteiger charge is -2.26. The number of aromatic amines is 1. The minimum atomic E-state index is -0.380. The molecule has 3 aromatic carbocycles. The molecular formula is C32H35N3O3. The number of nitrogens with zero attached hydrogens (tertiary/aromatic N) is 1. The van der Waals surface area contributed by atoms with Gasteiger partial charge in [-0.05, 0) is 43.0 Å². The summed E-state index contributed by atoms with van der Waals surface area (Å²) in [5, 5.41) is 4.03. The van der Waals surface area contributed by atoms with E-state index in [9.17, 15) is 9.59 Å². The molecule has 2 amide bonds. The van der Waals surface area contributed by atoms with Crippen molar-refractivity contribution in [3.63, 3.8) is 0 Å². The Bertz CT molecular complexity index is 1420. The SMILES string of the molecule is CCCCOCCCNC(=O)CN1C(=O)c2ccccc2C1c1c(-c2ccc(C)cc2)[nH]c2ccccc12. The van der Waals surface area contributed by atoms with Gasteiger partial charge in [0.05, 0.1) is 11.7 Å². The van der Waals surface area contributed by atoms with Crippen LogP contribution in [0.15, 0.2) is 72.8 Å². The number of nitrogens with one attached hydrogen (secondary N) is 2. The number of hydrogen-bond donors (Lipinski definition) is 2. The Kier molecular flexibility index (Phi) is 7.89. The summed E-state index contributed by atoms with van der Waals surface area (Å²) >= 11 is 0. The summed E-state index contributed by atoms with van der Waals surface area (Å²) in [6.45, 7) is 6.08. The molecule has 1 aliphatic heterocycles. The molecule has 0 saturated carbocycles. The van der Waals surface area contributed by atoms with E-state index in [2.05, 4.69) is 60.5 Å². The Morgan fingerprint density at radius 3 is 2.53 bits per heavy atom. The van der Waals surface area contributed by atoms with Crippen molar-refractivity contribution in [2.24, 2.45) is 0 Å². The molecule has 4 aromatic rings. The van der Waals surface area contributed by atoms with E-state index in [1.54, 1.807) is 4.90 Å². The number of carbonyl (C=O) groups excluding carboxylic acids is 2. The quantitative estimate of drug-likeness (QED) is 0.243. The number of rotatable bonds is 11. The number of carbonyl (C=O) groups is 2. The average Bonchev–Trinajstić information content (AvgIpc) is 3.44. The van der Waals surface area contributed by atoms with Crippen molar-refractivity contribution in [3.8, 4) is 11.3 Å². The van der Waals surface area contributed by atoms with Gasteiger partial charge in [-0.15, -0.1) is 0 Å². The van der Waals surface area contributed by atoms with Crippen molar-refractivity contribution in [1.82, 2.24) is 15.2 Å². The van der Waals surface area contributed by atoms with Gasteiger partial charge >= 0.3 is 0 Å². The van der Waals surface area contributed by atoms with Crippen molar-refractivity contribution < 1.29 is 14.3 Å². The summed E-state index contributed by atoms with van der Waals surface area (Å²) in [6.07, 6.45) is 2.89. The number of amides is 2. The predicted molar refractivity (Wildman–Crippen MR) is 151 cm³/mol. The predicted octanol–water partition coefficient (Wildman–Crippen LogP) is 6.01. The highest BCUT2D eigenvalue weighted by atomic mass is 16.5. The second-order valence-corrected chi connectivity index (χ2v) is 9.92. The largest absolute Gasteiger partial charge is 0.381 e. The summed E-state index contributed by atoms with van der Waals surface area (Å²) in [7, 11) is 0. The maximum atomic E-state index is 13.7. The Labute approximate surface area is 224 Å². The van der Waals surface area contributed by atoms with Gasteiger partial charge in [-0.1, -0.05) is 79.6 Å². The standard InChI is InChI=1S/C32H35N3O3/c1-3-4-19-38-20-9-18-33-28(36)21-35-31(24-10-5-6-11-25(24)32(35)37)29-26-12-7-8-13-27(26)34-30(29)23-16-14-22(2)15-17-23/h5-8,10-17,31,34H,3-4,9,18-21H2,1-2H3,(H,33,36). The van der Waals surface area contributed by atoms with E-state index < -0.39 is 0 Å². The summed E-state index contributed by atoms with van der Waals surface area (Å²) in [4.78, 5) is 32.0. The fourth-order valence-corrected chi connectivity index (χ4v) is 5.20. The molecule has 1 atom stereocenters. The topological polar surface area (TPSA) is 74.4 Å². The number of fused-ring (bicyclic) bond motifs is 2. The molecule has 38 heavy (non-hydrogen) atoms. The molecule has 0 spiro atoms. The second kappa shape index (κ2) is 11.7. The van der Waals surface area contributed by atoms with Gasteiger partial charge in [-0.25, -0.2) is 0 Å². The van der Waals surface area contributed by atoms with E-state index >= 15 is 0 Å². The van der Waals surface area contributed by atoms with Crippen LogP contribution >= 0.6 is 0 Å². The molecule has 0 saturated heterocycles. The molecule has 5 rings (SSSR count). The fraction of sp³-hybridized carbons (Fsp3) is 0.312. The Morgan fingerprint density at radius 1 is 0.974 bits per heavy atom. The van der Waals surface area contributed by atoms with Crippen LogP contribution in [0.4, 0.5) is 0 Å². The van der Waals surface area contributed by atoms with Crippen molar-refractivity contribution in [3.05, 3.63) is 95.1 Å². The maximum Gasteiger partial charge on any atom is 0.255 e. The van der Waals surface area contributed by atoms with Crippen LogP contribution in [0, 0.1) is 6.92 Å². The first-order valence-corrected chi connectivity index (χ1v) is 13.5.